The molecule has 15 heavy (non-hydrogen) atoms. The van der Waals surface area contributed by atoms with Crippen molar-refractivity contribution < 1.29 is 0 Å². The first-order chi connectivity index (χ1) is 6.87. The first-order valence-corrected chi connectivity index (χ1v) is 5.97. The number of rotatable bonds is 2. The van der Waals surface area contributed by atoms with Gasteiger partial charge in [0.1, 0.15) is 0 Å². The Balaban J connectivity index is 2.13. The lowest BCUT2D eigenvalue weighted by Gasteiger charge is -2.57. The van der Waals surface area contributed by atoms with E-state index in [0.717, 1.165) is 18.3 Å². The number of allylic oxidation sites excluding steroid dienone is 2. The minimum atomic E-state index is -0.190. The topological polar surface area (TPSA) is 23.8 Å². The molecule has 0 unspecified atom stereocenters. The molecule has 0 aromatic carbocycles. The summed E-state index contributed by atoms with van der Waals surface area (Å²) < 4.78 is 0. The van der Waals surface area contributed by atoms with E-state index in [9.17, 15) is 0 Å². The van der Waals surface area contributed by atoms with Gasteiger partial charge in [-0.15, -0.1) is 0 Å². The fourth-order valence-electron chi connectivity index (χ4n) is 3.23. The SMILES string of the molecule is CC(C)(C#N)CC1=CC[C@H]2C[C@@H]1C2(C)C. The van der Waals surface area contributed by atoms with Crippen LogP contribution in [-0.2, 0) is 0 Å². The van der Waals surface area contributed by atoms with Gasteiger partial charge in [-0.05, 0) is 50.4 Å². The van der Waals surface area contributed by atoms with Crippen LogP contribution in [0.25, 0.3) is 0 Å². The smallest absolute Gasteiger partial charge is 0.0687 e. The summed E-state index contributed by atoms with van der Waals surface area (Å²) in [4.78, 5) is 0. The summed E-state index contributed by atoms with van der Waals surface area (Å²) in [5.74, 6) is 1.65. The summed E-state index contributed by atoms with van der Waals surface area (Å²) in [6.07, 6.45) is 5.97. The molecule has 0 heterocycles. The van der Waals surface area contributed by atoms with Crippen molar-refractivity contribution in [1.82, 2.24) is 0 Å². The molecule has 1 heteroatoms. The monoisotopic (exact) mass is 203 g/mol. The number of fused-ring (bicyclic) bond motifs is 1. The van der Waals surface area contributed by atoms with Crippen LogP contribution in [0.4, 0.5) is 0 Å². The van der Waals surface area contributed by atoms with Gasteiger partial charge in [-0.25, -0.2) is 0 Å². The second kappa shape index (κ2) is 3.11. The Morgan fingerprint density at radius 2 is 2.20 bits per heavy atom. The molecule has 0 N–H and O–H groups in total. The van der Waals surface area contributed by atoms with Crippen LogP contribution >= 0.6 is 0 Å². The molecule has 3 rings (SSSR count). The highest BCUT2D eigenvalue weighted by atomic mass is 14.6. The highest BCUT2D eigenvalue weighted by Crippen LogP contribution is 2.60. The van der Waals surface area contributed by atoms with Crippen LogP contribution < -0.4 is 0 Å². The fraction of sp³-hybridized carbons (Fsp3) is 0.786. The van der Waals surface area contributed by atoms with E-state index in [1.165, 1.54) is 12.8 Å². The normalized spacial score (nSPS) is 32.6. The first-order valence-electron chi connectivity index (χ1n) is 5.97. The van der Waals surface area contributed by atoms with Crippen LogP contribution in [0.1, 0.15) is 47.0 Å². The third-order valence-corrected chi connectivity index (χ3v) is 4.53. The first kappa shape index (κ1) is 10.7. The minimum absolute atomic E-state index is 0.190. The summed E-state index contributed by atoms with van der Waals surface area (Å²) in [6.45, 7) is 8.87. The second-order valence-corrected chi connectivity index (χ2v) is 6.49. The average Bonchev–Trinajstić information content (AvgIpc) is 2.17. The number of nitrogens with zero attached hydrogens (tertiary/aromatic N) is 1. The van der Waals surface area contributed by atoms with Gasteiger partial charge in [-0.1, -0.05) is 25.5 Å². The van der Waals surface area contributed by atoms with Crippen LogP contribution in [0.15, 0.2) is 11.6 Å². The third-order valence-electron chi connectivity index (χ3n) is 4.53. The van der Waals surface area contributed by atoms with Crippen molar-refractivity contribution in [2.24, 2.45) is 22.7 Å². The van der Waals surface area contributed by atoms with Crippen LogP contribution in [-0.4, -0.2) is 0 Å². The number of hydrogen-bond acceptors (Lipinski definition) is 1. The van der Waals surface area contributed by atoms with Gasteiger partial charge >= 0.3 is 0 Å². The Morgan fingerprint density at radius 3 is 2.67 bits per heavy atom. The molecule has 2 bridgehead atoms. The Morgan fingerprint density at radius 1 is 1.53 bits per heavy atom. The van der Waals surface area contributed by atoms with E-state index in [1.807, 2.05) is 13.8 Å². The highest BCUT2D eigenvalue weighted by Gasteiger charge is 2.51. The molecule has 0 spiro atoms. The van der Waals surface area contributed by atoms with E-state index >= 15 is 0 Å². The molecular formula is C14H21N. The van der Waals surface area contributed by atoms with Crippen molar-refractivity contribution in [1.29, 1.82) is 5.26 Å². The van der Waals surface area contributed by atoms with E-state index in [1.54, 1.807) is 5.57 Å². The molecule has 3 aliphatic carbocycles. The lowest BCUT2D eigenvalue weighted by molar-refractivity contribution is -0.0102. The van der Waals surface area contributed by atoms with E-state index in [0.29, 0.717) is 5.41 Å². The van der Waals surface area contributed by atoms with E-state index in [-0.39, 0.29) is 5.41 Å². The highest BCUT2D eigenvalue weighted by molar-refractivity contribution is 5.25. The van der Waals surface area contributed by atoms with Crippen molar-refractivity contribution in [3.05, 3.63) is 11.6 Å². The van der Waals surface area contributed by atoms with Crippen LogP contribution in [0.5, 0.6) is 0 Å². The molecular weight excluding hydrogens is 182 g/mol. The standard InChI is InChI=1S/C14H21N/c1-13(2,9-15)8-10-5-6-11-7-12(10)14(11,3)4/h5,11-12H,6-8H2,1-4H3/t11-,12-/m0/s1. The Hall–Kier alpha value is -0.770. The van der Waals surface area contributed by atoms with Crippen molar-refractivity contribution in [2.75, 3.05) is 0 Å². The Kier molecular flexibility index (Phi) is 2.23. The van der Waals surface area contributed by atoms with Crippen molar-refractivity contribution >= 4 is 0 Å². The predicted octanol–water partition coefficient (Wildman–Crippen LogP) is 3.92. The molecule has 3 aliphatic rings. The summed E-state index contributed by atoms with van der Waals surface area (Å²) in [7, 11) is 0. The Labute approximate surface area is 93.2 Å². The molecule has 0 amide bonds. The fourth-order valence-corrected chi connectivity index (χ4v) is 3.23. The molecule has 1 saturated carbocycles. The molecule has 1 fully saturated rings. The average molecular weight is 203 g/mol. The molecule has 0 aromatic heterocycles. The van der Waals surface area contributed by atoms with Gasteiger partial charge in [0, 0.05) is 0 Å². The quantitative estimate of drug-likeness (QED) is 0.624. The van der Waals surface area contributed by atoms with Gasteiger partial charge in [0.05, 0.1) is 11.5 Å². The van der Waals surface area contributed by atoms with Crippen LogP contribution in [0, 0.1) is 34.0 Å². The third kappa shape index (κ3) is 1.61. The van der Waals surface area contributed by atoms with E-state index in [4.69, 9.17) is 5.26 Å². The second-order valence-electron chi connectivity index (χ2n) is 6.49. The van der Waals surface area contributed by atoms with E-state index < -0.39 is 0 Å². The molecule has 1 nitrogen and oxygen atoms in total. The Bertz CT molecular complexity index is 341. The molecule has 0 aromatic rings. The molecule has 0 aliphatic heterocycles. The summed E-state index contributed by atoms with van der Waals surface area (Å²) in [5, 5.41) is 9.08. The van der Waals surface area contributed by atoms with Gasteiger partial charge in [0.15, 0.2) is 0 Å². The predicted molar refractivity (Wildman–Crippen MR) is 62.1 cm³/mol. The zero-order valence-electron chi connectivity index (χ0n) is 10.3. The van der Waals surface area contributed by atoms with Crippen molar-refractivity contribution in [3.63, 3.8) is 0 Å². The van der Waals surface area contributed by atoms with Gasteiger partial charge in [-0.3, -0.25) is 0 Å². The largest absolute Gasteiger partial charge is 0.198 e. The molecule has 0 radical (unpaired) electrons. The summed E-state index contributed by atoms with van der Waals surface area (Å²) in [6, 6.07) is 2.41. The molecule has 82 valence electrons. The minimum Gasteiger partial charge on any atom is -0.198 e. The van der Waals surface area contributed by atoms with Crippen LogP contribution in [0.2, 0.25) is 0 Å². The summed E-state index contributed by atoms with van der Waals surface area (Å²) >= 11 is 0. The van der Waals surface area contributed by atoms with Gasteiger partial charge in [-0.2, -0.15) is 5.26 Å². The van der Waals surface area contributed by atoms with Crippen molar-refractivity contribution in [3.8, 4) is 6.07 Å². The van der Waals surface area contributed by atoms with Gasteiger partial charge < -0.3 is 0 Å². The molecule has 2 atom stereocenters. The maximum atomic E-state index is 9.08. The zero-order chi connectivity index (χ0) is 11.3. The molecule has 0 saturated heterocycles. The number of nitriles is 1. The maximum Gasteiger partial charge on any atom is 0.0687 e. The lowest BCUT2D eigenvalue weighted by Crippen LogP contribution is -2.48. The zero-order valence-corrected chi connectivity index (χ0v) is 10.3. The summed E-state index contributed by atoms with van der Waals surface area (Å²) in [5.41, 5.74) is 1.86. The van der Waals surface area contributed by atoms with Crippen LogP contribution in [0.3, 0.4) is 0 Å². The maximum absolute atomic E-state index is 9.08. The number of hydrogen-bond donors (Lipinski definition) is 0. The van der Waals surface area contributed by atoms with Gasteiger partial charge in [0.2, 0.25) is 0 Å². The van der Waals surface area contributed by atoms with Gasteiger partial charge in [0.25, 0.3) is 0 Å². The van der Waals surface area contributed by atoms with E-state index in [2.05, 4.69) is 26.0 Å². The lowest BCUT2D eigenvalue weighted by atomic mass is 9.48. The van der Waals surface area contributed by atoms with Crippen molar-refractivity contribution in [2.45, 2.75) is 47.0 Å².